The Labute approximate surface area is 102 Å². The van der Waals surface area contributed by atoms with Gasteiger partial charge >= 0.3 is 5.97 Å². The van der Waals surface area contributed by atoms with Crippen LogP contribution in [0.15, 0.2) is 24.3 Å². The number of methoxy groups -OCH3 is 1. The molecule has 0 atom stereocenters. The lowest BCUT2D eigenvalue weighted by Crippen LogP contribution is -2.30. The van der Waals surface area contributed by atoms with Gasteiger partial charge in [-0.05, 0) is 43.4 Å². The fourth-order valence-electron chi connectivity index (χ4n) is 2.24. The van der Waals surface area contributed by atoms with E-state index in [1.807, 2.05) is 25.1 Å². The Hall–Kier alpha value is -1.51. The molecule has 0 saturated heterocycles. The Morgan fingerprint density at radius 3 is 2.82 bits per heavy atom. The zero-order valence-corrected chi connectivity index (χ0v) is 10.3. The van der Waals surface area contributed by atoms with Crippen molar-refractivity contribution in [2.24, 2.45) is 5.92 Å². The third kappa shape index (κ3) is 2.60. The van der Waals surface area contributed by atoms with Gasteiger partial charge < -0.3 is 9.47 Å². The van der Waals surface area contributed by atoms with Crippen LogP contribution in [0.5, 0.6) is 5.75 Å². The molecule has 0 aliphatic heterocycles. The molecular formula is C14H18O3. The fourth-order valence-corrected chi connectivity index (χ4v) is 2.24. The van der Waals surface area contributed by atoms with Gasteiger partial charge in [-0.15, -0.1) is 0 Å². The summed E-state index contributed by atoms with van der Waals surface area (Å²) in [5.74, 6) is 1.39. The van der Waals surface area contributed by atoms with E-state index in [4.69, 9.17) is 9.47 Å². The molecule has 0 heterocycles. The molecule has 1 saturated carbocycles. The average molecular weight is 234 g/mol. The van der Waals surface area contributed by atoms with Gasteiger partial charge in [-0.3, -0.25) is 4.79 Å². The number of hydrogen-bond acceptors (Lipinski definition) is 3. The first-order valence-corrected chi connectivity index (χ1v) is 6.05. The third-order valence-electron chi connectivity index (χ3n) is 3.32. The Bertz CT molecular complexity index is 394. The molecule has 1 aliphatic rings. The zero-order valence-electron chi connectivity index (χ0n) is 10.3. The van der Waals surface area contributed by atoms with Crippen LogP contribution in [0, 0.1) is 5.92 Å². The minimum atomic E-state index is -0.0494. The molecule has 1 aromatic rings. The second-order valence-corrected chi connectivity index (χ2v) is 4.39. The van der Waals surface area contributed by atoms with Gasteiger partial charge in [0.2, 0.25) is 0 Å². The minimum absolute atomic E-state index is 0.0494. The largest absolute Gasteiger partial charge is 0.497 e. The zero-order chi connectivity index (χ0) is 12.3. The van der Waals surface area contributed by atoms with Crippen LogP contribution in [0.25, 0.3) is 0 Å². The van der Waals surface area contributed by atoms with Gasteiger partial charge in [-0.2, -0.15) is 0 Å². The van der Waals surface area contributed by atoms with Crippen LogP contribution < -0.4 is 4.74 Å². The van der Waals surface area contributed by atoms with E-state index in [0.29, 0.717) is 12.5 Å². The topological polar surface area (TPSA) is 35.5 Å². The summed E-state index contributed by atoms with van der Waals surface area (Å²) in [6.07, 6.45) is 1.79. The van der Waals surface area contributed by atoms with Crippen molar-refractivity contribution >= 4 is 5.97 Å². The van der Waals surface area contributed by atoms with E-state index >= 15 is 0 Å². The van der Waals surface area contributed by atoms with Crippen LogP contribution in [-0.4, -0.2) is 19.7 Å². The molecule has 0 unspecified atom stereocenters. The molecule has 3 nitrogen and oxygen atoms in total. The maximum Gasteiger partial charge on any atom is 0.308 e. The van der Waals surface area contributed by atoms with Gasteiger partial charge in [-0.25, -0.2) is 0 Å². The summed E-state index contributed by atoms with van der Waals surface area (Å²) in [4.78, 5) is 11.5. The van der Waals surface area contributed by atoms with E-state index in [1.54, 1.807) is 7.11 Å². The maximum absolute atomic E-state index is 11.5. The van der Waals surface area contributed by atoms with Crippen molar-refractivity contribution < 1.29 is 14.3 Å². The van der Waals surface area contributed by atoms with Crippen LogP contribution in [0.2, 0.25) is 0 Å². The van der Waals surface area contributed by atoms with Crippen LogP contribution in [0.1, 0.15) is 31.2 Å². The first-order valence-electron chi connectivity index (χ1n) is 6.05. The number of carbonyl (C=O) groups is 1. The summed E-state index contributed by atoms with van der Waals surface area (Å²) in [6, 6.07) is 8.07. The van der Waals surface area contributed by atoms with Crippen molar-refractivity contribution in [3.05, 3.63) is 29.8 Å². The van der Waals surface area contributed by atoms with Gasteiger partial charge in [0.25, 0.3) is 0 Å². The Kier molecular flexibility index (Phi) is 3.67. The second kappa shape index (κ2) is 5.21. The Morgan fingerprint density at radius 2 is 2.18 bits per heavy atom. The molecule has 0 amide bonds. The number of ether oxygens (including phenoxy) is 2. The first-order chi connectivity index (χ1) is 8.24. The van der Waals surface area contributed by atoms with Crippen LogP contribution in [0.4, 0.5) is 0 Å². The third-order valence-corrected chi connectivity index (χ3v) is 3.32. The molecule has 1 aromatic carbocycles. The molecule has 0 radical (unpaired) electrons. The average Bonchev–Trinajstić information content (AvgIpc) is 2.28. The van der Waals surface area contributed by atoms with Crippen molar-refractivity contribution in [2.45, 2.75) is 25.7 Å². The number of carbonyl (C=O) groups excluding carboxylic acids is 1. The number of hydrogen-bond donors (Lipinski definition) is 0. The van der Waals surface area contributed by atoms with Crippen LogP contribution in [0.3, 0.4) is 0 Å². The number of benzene rings is 1. The lowest BCUT2D eigenvalue weighted by molar-refractivity contribution is -0.151. The molecule has 2 rings (SSSR count). The fraction of sp³-hybridized carbons (Fsp3) is 0.500. The number of rotatable bonds is 4. The molecule has 0 bridgehead atoms. The standard InChI is InChI=1S/C14H18O3/c1-3-17-14(15)12-7-11(8-12)10-5-4-6-13(9-10)16-2/h4-6,9,11-12H,3,7-8H2,1-2H3. The second-order valence-electron chi connectivity index (χ2n) is 4.39. The highest BCUT2D eigenvalue weighted by Crippen LogP contribution is 2.42. The van der Waals surface area contributed by atoms with Gasteiger partial charge in [0.1, 0.15) is 5.75 Å². The molecule has 92 valence electrons. The molecule has 0 aromatic heterocycles. The molecular weight excluding hydrogens is 216 g/mol. The summed E-state index contributed by atoms with van der Waals surface area (Å²) >= 11 is 0. The first kappa shape index (κ1) is 12.0. The Balaban J connectivity index is 1.92. The van der Waals surface area contributed by atoms with Crippen LogP contribution >= 0.6 is 0 Å². The highest BCUT2D eigenvalue weighted by Gasteiger charge is 2.36. The quantitative estimate of drug-likeness (QED) is 0.751. The summed E-state index contributed by atoms with van der Waals surface area (Å²) in [5, 5.41) is 0. The normalized spacial score (nSPS) is 22.7. The van der Waals surface area contributed by atoms with Gasteiger partial charge in [0.05, 0.1) is 19.6 Å². The van der Waals surface area contributed by atoms with E-state index in [-0.39, 0.29) is 11.9 Å². The lowest BCUT2D eigenvalue weighted by Gasteiger charge is -2.33. The lowest BCUT2D eigenvalue weighted by atomic mass is 9.71. The SMILES string of the molecule is CCOC(=O)C1CC(c2cccc(OC)c2)C1. The molecule has 17 heavy (non-hydrogen) atoms. The van der Waals surface area contributed by atoms with Crippen molar-refractivity contribution in [2.75, 3.05) is 13.7 Å². The van der Waals surface area contributed by atoms with Gasteiger partial charge in [0.15, 0.2) is 0 Å². The van der Waals surface area contributed by atoms with Gasteiger partial charge in [-0.1, -0.05) is 12.1 Å². The maximum atomic E-state index is 11.5. The van der Waals surface area contributed by atoms with Crippen molar-refractivity contribution in [1.82, 2.24) is 0 Å². The molecule has 1 aliphatic carbocycles. The predicted molar refractivity (Wildman–Crippen MR) is 65.1 cm³/mol. The van der Waals surface area contributed by atoms with E-state index < -0.39 is 0 Å². The highest BCUT2D eigenvalue weighted by atomic mass is 16.5. The number of esters is 1. The van der Waals surface area contributed by atoms with Crippen molar-refractivity contribution in [1.29, 1.82) is 0 Å². The van der Waals surface area contributed by atoms with Crippen LogP contribution in [-0.2, 0) is 9.53 Å². The van der Waals surface area contributed by atoms with E-state index in [2.05, 4.69) is 6.07 Å². The molecule has 1 fully saturated rings. The molecule has 0 N–H and O–H groups in total. The van der Waals surface area contributed by atoms with Crippen molar-refractivity contribution in [3.8, 4) is 5.75 Å². The summed E-state index contributed by atoms with van der Waals surface area (Å²) in [5.41, 5.74) is 1.25. The Morgan fingerprint density at radius 1 is 1.41 bits per heavy atom. The van der Waals surface area contributed by atoms with E-state index in [9.17, 15) is 4.79 Å². The van der Waals surface area contributed by atoms with E-state index in [1.165, 1.54) is 5.56 Å². The van der Waals surface area contributed by atoms with Gasteiger partial charge in [0, 0.05) is 0 Å². The predicted octanol–water partition coefficient (Wildman–Crippen LogP) is 2.75. The van der Waals surface area contributed by atoms with Crippen molar-refractivity contribution in [3.63, 3.8) is 0 Å². The highest BCUT2D eigenvalue weighted by molar-refractivity contribution is 5.73. The molecule has 0 spiro atoms. The minimum Gasteiger partial charge on any atom is -0.497 e. The summed E-state index contributed by atoms with van der Waals surface area (Å²) in [7, 11) is 1.67. The molecule has 3 heteroatoms. The smallest absolute Gasteiger partial charge is 0.308 e. The van der Waals surface area contributed by atoms with E-state index in [0.717, 1.165) is 18.6 Å². The summed E-state index contributed by atoms with van der Waals surface area (Å²) < 4.78 is 10.2. The monoisotopic (exact) mass is 234 g/mol. The summed E-state index contributed by atoms with van der Waals surface area (Å²) in [6.45, 7) is 2.31.